The number of aromatic nitrogens is 1. The minimum Gasteiger partial charge on any atom is -0.372 e. The SMILES string of the molecule is CCCNC(CC)c1ccc(N2CC(C)OC(C)C2)cn1. The van der Waals surface area contributed by atoms with E-state index >= 15 is 0 Å². The van der Waals surface area contributed by atoms with Crippen molar-refractivity contribution in [2.45, 2.75) is 58.8 Å². The number of nitrogens with one attached hydrogen (secondary N) is 1. The summed E-state index contributed by atoms with van der Waals surface area (Å²) in [6.45, 7) is 11.6. The summed E-state index contributed by atoms with van der Waals surface area (Å²) >= 11 is 0. The molecule has 0 bridgehead atoms. The Morgan fingerprint density at radius 3 is 2.52 bits per heavy atom. The van der Waals surface area contributed by atoms with Crippen molar-refractivity contribution in [2.75, 3.05) is 24.5 Å². The van der Waals surface area contributed by atoms with E-state index in [9.17, 15) is 0 Å². The van der Waals surface area contributed by atoms with Gasteiger partial charge in [0.15, 0.2) is 0 Å². The molecule has 1 aromatic rings. The highest BCUT2D eigenvalue weighted by atomic mass is 16.5. The summed E-state index contributed by atoms with van der Waals surface area (Å²) in [5.41, 5.74) is 2.34. The van der Waals surface area contributed by atoms with E-state index in [1.807, 2.05) is 6.20 Å². The van der Waals surface area contributed by atoms with E-state index in [0.29, 0.717) is 6.04 Å². The number of hydrogen-bond acceptors (Lipinski definition) is 4. The lowest BCUT2D eigenvalue weighted by molar-refractivity contribution is -0.00523. The van der Waals surface area contributed by atoms with Gasteiger partial charge < -0.3 is 15.0 Å². The number of morpholine rings is 1. The fourth-order valence-electron chi connectivity index (χ4n) is 2.96. The van der Waals surface area contributed by atoms with E-state index in [4.69, 9.17) is 4.74 Å². The highest BCUT2D eigenvalue weighted by Crippen LogP contribution is 2.22. The Labute approximate surface area is 128 Å². The van der Waals surface area contributed by atoms with Crippen molar-refractivity contribution < 1.29 is 4.74 Å². The van der Waals surface area contributed by atoms with Gasteiger partial charge in [0.05, 0.1) is 29.8 Å². The largest absolute Gasteiger partial charge is 0.372 e. The summed E-state index contributed by atoms with van der Waals surface area (Å²) in [5.74, 6) is 0. The molecule has 0 spiro atoms. The number of rotatable bonds is 6. The molecule has 4 heteroatoms. The van der Waals surface area contributed by atoms with Crippen LogP contribution in [0.3, 0.4) is 0 Å². The van der Waals surface area contributed by atoms with E-state index in [1.54, 1.807) is 0 Å². The summed E-state index contributed by atoms with van der Waals surface area (Å²) in [5, 5.41) is 3.55. The van der Waals surface area contributed by atoms with E-state index in [-0.39, 0.29) is 12.2 Å². The van der Waals surface area contributed by atoms with Gasteiger partial charge in [-0.3, -0.25) is 4.98 Å². The molecule has 0 saturated carbocycles. The summed E-state index contributed by atoms with van der Waals surface area (Å²) < 4.78 is 5.79. The molecule has 3 atom stereocenters. The van der Waals surface area contributed by atoms with Gasteiger partial charge in [-0.15, -0.1) is 0 Å². The second-order valence-electron chi connectivity index (χ2n) is 6.02. The van der Waals surface area contributed by atoms with E-state index in [1.165, 1.54) is 5.69 Å². The van der Waals surface area contributed by atoms with Gasteiger partial charge in [0, 0.05) is 19.1 Å². The first-order valence-electron chi connectivity index (χ1n) is 8.23. The smallest absolute Gasteiger partial charge is 0.0726 e. The molecule has 21 heavy (non-hydrogen) atoms. The molecule has 0 aliphatic carbocycles. The molecule has 1 aliphatic rings. The highest BCUT2D eigenvalue weighted by Gasteiger charge is 2.22. The highest BCUT2D eigenvalue weighted by molar-refractivity contribution is 5.45. The fraction of sp³-hybridized carbons (Fsp3) is 0.706. The average molecular weight is 291 g/mol. The monoisotopic (exact) mass is 291 g/mol. The van der Waals surface area contributed by atoms with Crippen molar-refractivity contribution in [3.05, 3.63) is 24.0 Å². The van der Waals surface area contributed by atoms with Crippen molar-refractivity contribution in [1.29, 1.82) is 0 Å². The van der Waals surface area contributed by atoms with Gasteiger partial charge in [0.2, 0.25) is 0 Å². The van der Waals surface area contributed by atoms with Gasteiger partial charge in [-0.2, -0.15) is 0 Å². The Morgan fingerprint density at radius 1 is 1.29 bits per heavy atom. The van der Waals surface area contributed by atoms with Gasteiger partial charge in [-0.05, 0) is 45.4 Å². The average Bonchev–Trinajstić information content (AvgIpc) is 2.47. The maximum Gasteiger partial charge on any atom is 0.0726 e. The molecule has 1 N–H and O–H groups in total. The lowest BCUT2D eigenvalue weighted by Gasteiger charge is -2.36. The molecular weight excluding hydrogens is 262 g/mol. The van der Waals surface area contributed by atoms with Crippen LogP contribution >= 0.6 is 0 Å². The third kappa shape index (κ3) is 4.42. The predicted molar refractivity (Wildman–Crippen MR) is 87.8 cm³/mol. The fourth-order valence-corrected chi connectivity index (χ4v) is 2.96. The van der Waals surface area contributed by atoms with Crippen molar-refractivity contribution >= 4 is 5.69 Å². The zero-order valence-corrected chi connectivity index (χ0v) is 13.8. The zero-order valence-electron chi connectivity index (χ0n) is 13.8. The normalized spacial score (nSPS) is 24.1. The van der Waals surface area contributed by atoms with Crippen molar-refractivity contribution in [3.8, 4) is 0 Å². The van der Waals surface area contributed by atoms with Gasteiger partial charge in [0.25, 0.3) is 0 Å². The van der Waals surface area contributed by atoms with Crippen LogP contribution in [0, 0.1) is 0 Å². The summed E-state index contributed by atoms with van der Waals surface area (Å²) in [4.78, 5) is 7.05. The Balaban J connectivity index is 2.03. The van der Waals surface area contributed by atoms with Gasteiger partial charge in [0.1, 0.15) is 0 Å². The Kier molecular flexibility index (Phi) is 6.00. The van der Waals surface area contributed by atoms with Crippen molar-refractivity contribution in [1.82, 2.24) is 10.3 Å². The topological polar surface area (TPSA) is 37.4 Å². The second kappa shape index (κ2) is 7.76. The number of hydrogen-bond donors (Lipinski definition) is 1. The van der Waals surface area contributed by atoms with Crippen LogP contribution in [-0.2, 0) is 4.74 Å². The van der Waals surface area contributed by atoms with E-state index in [2.05, 4.69) is 55.0 Å². The van der Waals surface area contributed by atoms with Crippen LogP contribution in [-0.4, -0.2) is 36.8 Å². The van der Waals surface area contributed by atoms with Crippen LogP contribution in [0.25, 0.3) is 0 Å². The molecule has 118 valence electrons. The molecule has 1 aromatic heterocycles. The van der Waals surface area contributed by atoms with Crippen LogP contribution in [0.5, 0.6) is 0 Å². The van der Waals surface area contributed by atoms with Crippen LogP contribution < -0.4 is 10.2 Å². The number of anilines is 1. The summed E-state index contributed by atoms with van der Waals surface area (Å²) in [6, 6.07) is 4.72. The van der Waals surface area contributed by atoms with E-state index < -0.39 is 0 Å². The first-order chi connectivity index (χ1) is 10.1. The molecule has 4 nitrogen and oxygen atoms in total. The molecule has 2 heterocycles. The minimum atomic E-state index is 0.281. The maximum absolute atomic E-state index is 5.79. The molecule has 0 aromatic carbocycles. The number of nitrogens with zero attached hydrogens (tertiary/aromatic N) is 2. The van der Waals surface area contributed by atoms with Crippen LogP contribution in [0.15, 0.2) is 18.3 Å². The molecule has 0 radical (unpaired) electrons. The number of ether oxygens (including phenoxy) is 1. The van der Waals surface area contributed by atoms with E-state index in [0.717, 1.165) is 38.2 Å². The first-order valence-corrected chi connectivity index (χ1v) is 8.23. The lowest BCUT2D eigenvalue weighted by atomic mass is 10.1. The van der Waals surface area contributed by atoms with Gasteiger partial charge >= 0.3 is 0 Å². The molecule has 0 amide bonds. The summed E-state index contributed by atoms with van der Waals surface area (Å²) in [6.07, 6.45) is 4.79. The third-order valence-corrected chi connectivity index (χ3v) is 3.96. The van der Waals surface area contributed by atoms with Crippen LogP contribution in [0.1, 0.15) is 52.3 Å². The third-order valence-electron chi connectivity index (χ3n) is 3.96. The zero-order chi connectivity index (χ0) is 15.2. The molecule has 3 unspecified atom stereocenters. The maximum atomic E-state index is 5.79. The first kappa shape index (κ1) is 16.2. The van der Waals surface area contributed by atoms with Crippen LogP contribution in [0.2, 0.25) is 0 Å². The molecule has 1 fully saturated rings. The molecule has 2 rings (SSSR count). The van der Waals surface area contributed by atoms with Gasteiger partial charge in [-0.1, -0.05) is 13.8 Å². The standard InChI is InChI=1S/C17H29N3O/c1-5-9-18-16(6-2)17-8-7-15(10-19-17)20-11-13(3)21-14(4)12-20/h7-8,10,13-14,16,18H,5-6,9,11-12H2,1-4H3. The Bertz CT molecular complexity index is 411. The van der Waals surface area contributed by atoms with Crippen molar-refractivity contribution in [2.24, 2.45) is 0 Å². The molecule has 1 aliphatic heterocycles. The Morgan fingerprint density at radius 2 is 2.00 bits per heavy atom. The Hall–Kier alpha value is -1.13. The van der Waals surface area contributed by atoms with Crippen molar-refractivity contribution in [3.63, 3.8) is 0 Å². The summed E-state index contributed by atoms with van der Waals surface area (Å²) in [7, 11) is 0. The van der Waals surface area contributed by atoms with Crippen LogP contribution in [0.4, 0.5) is 5.69 Å². The van der Waals surface area contributed by atoms with Gasteiger partial charge in [-0.25, -0.2) is 0 Å². The predicted octanol–water partition coefficient (Wildman–Crippen LogP) is 3.15. The minimum absolute atomic E-state index is 0.281. The number of pyridine rings is 1. The second-order valence-corrected chi connectivity index (χ2v) is 6.02. The molecule has 1 saturated heterocycles. The molecular formula is C17H29N3O. The lowest BCUT2D eigenvalue weighted by Crippen LogP contribution is -2.45. The quantitative estimate of drug-likeness (QED) is 0.873.